The quantitative estimate of drug-likeness (QED) is 0.457. The maximum atomic E-state index is 12.0. The van der Waals surface area contributed by atoms with Crippen molar-refractivity contribution >= 4 is 23.3 Å². The van der Waals surface area contributed by atoms with Crippen molar-refractivity contribution in [1.29, 1.82) is 0 Å². The van der Waals surface area contributed by atoms with Crippen molar-refractivity contribution in [3.8, 4) is 0 Å². The van der Waals surface area contributed by atoms with E-state index in [0.29, 0.717) is 10.7 Å². The number of hydrogen-bond donors (Lipinski definition) is 1. The Balaban J connectivity index is 2.50. The summed E-state index contributed by atoms with van der Waals surface area (Å²) in [5.41, 5.74) is 6.38. The van der Waals surface area contributed by atoms with Gasteiger partial charge in [-0.1, -0.05) is 43.9 Å². The molecule has 1 aromatic rings. The Labute approximate surface area is 120 Å². The zero-order valence-corrected chi connectivity index (χ0v) is 12.4. The molecule has 0 aromatic heterocycles. The lowest BCUT2D eigenvalue weighted by Crippen LogP contribution is -2.16. The molecule has 0 saturated carbocycles. The summed E-state index contributed by atoms with van der Waals surface area (Å²) in [6.45, 7) is 4.07. The highest BCUT2D eigenvalue weighted by atomic mass is 35.5. The minimum absolute atomic E-state index is 0.111. The molecule has 4 heteroatoms. The zero-order chi connectivity index (χ0) is 14.3. The van der Waals surface area contributed by atoms with Gasteiger partial charge in [0.05, 0.1) is 11.1 Å². The lowest BCUT2D eigenvalue weighted by atomic mass is 10.1. The van der Waals surface area contributed by atoms with Crippen molar-refractivity contribution in [2.75, 3.05) is 5.73 Å². The number of carbonyl (C=O) groups is 1. The second kappa shape index (κ2) is 8.05. The summed E-state index contributed by atoms with van der Waals surface area (Å²) in [6, 6.07) is 5.00. The molecule has 0 spiro atoms. The van der Waals surface area contributed by atoms with Gasteiger partial charge in [-0.25, -0.2) is 4.79 Å². The van der Waals surface area contributed by atoms with Gasteiger partial charge in [0, 0.05) is 5.69 Å². The first-order valence-electron chi connectivity index (χ1n) is 6.81. The lowest BCUT2D eigenvalue weighted by molar-refractivity contribution is 0.0321. The van der Waals surface area contributed by atoms with Crippen LogP contribution >= 0.6 is 11.6 Å². The van der Waals surface area contributed by atoms with Crippen molar-refractivity contribution < 1.29 is 9.53 Å². The molecule has 0 saturated heterocycles. The highest BCUT2D eigenvalue weighted by Crippen LogP contribution is 2.23. The van der Waals surface area contributed by atoms with Gasteiger partial charge in [-0.2, -0.15) is 0 Å². The maximum absolute atomic E-state index is 12.0. The first-order valence-corrected chi connectivity index (χ1v) is 7.19. The Hall–Kier alpha value is -1.22. The molecule has 1 aromatic carbocycles. The van der Waals surface area contributed by atoms with Crippen LogP contribution in [0.5, 0.6) is 0 Å². The third-order valence-corrected chi connectivity index (χ3v) is 3.34. The Bertz CT molecular complexity index is 400. The van der Waals surface area contributed by atoms with Crippen LogP contribution in [-0.4, -0.2) is 12.1 Å². The Morgan fingerprint density at radius 1 is 1.37 bits per heavy atom. The van der Waals surface area contributed by atoms with Crippen molar-refractivity contribution in [2.45, 2.75) is 52.1 Å². The predicted molar refractivity (Wildman–Crippen MR) is 79.5 cm³/mol. The van der Waals surface area contributed by atoms with Crippen LogP contribution in [0.1, 0.15) is 56.3 Å². The predicted octanol–water partition coefficient (Wildman–Crippen LogP) is 4.44. The summed E-state index contributed by atoms with van der Waals surface area (Å²) in [5, 5.41) is 0.336. The number of halogens is 1. The molecule has 3 nitrogen and oxygen atoms in total. The van der Waals surface area contributed by atoms with Crippen LogP contribution in [0, 0.1) is 0 Å². The molecule has 0 amide bonds. The van der Waals surface area contributed by atoms with E-state index in [1.807, 2.05) is 6.92 Å². The van der Waals surface area contributed by atoms with E-state index < -0.39 is 5.97 Å². The van der Waals surface area contributed by atoms with Crippen molar-refractivity contribution in [2.24, 2.45) is 0 Å². The third-order valence-electron chi connectivity index (χ3n) is 3.02. The summed E-state index contributed by atoms with van der Waals surface area (Å²) < 4.78 is 5.37. The number of esters is 1. The van der Waals surface area contributed by atoms with Gasteiger partial charge >= 0.3 is 5.97 Å². The normalized spacial score (nSPS) is 12.2. The molecule has 0 aliphatic rings. The molecular formula is C15H22ClNO2. The molecule has 0 radical (unpaired) electrons. The number of benzene rings is 1. The second-order valence-electron chi connectivity index (χ2n) is 4.77. The van der Waals surface area contributed by atoms with Crippen molar-refractivity contribution in [3.05, 3.63) is 28.8 Å². The van der Waals surface area contributed by atoms with E-state index >= 15 is 0 Å². The molecular weight excluding hydrogens is 262 g/mol. The summed E-state index contributed by atoms with van der Waals surface area (Å²) >= 11 is 5.97. The van der Waals surface area contributed by atoms with E-state index in [0.717, 1.165) is 12.8 Å². The van der Waals surface area contributed by atoms with Crippen LogP contribution in [0.15, 0.2) is 18.2 Å². The van der Waals surface area contributed by atoms with Crippen LogP contribution in [0.25, 0.3) is 0 Å². The molecule has 19 heavy (non-hydrogen) atoms. The number of unbranched alkanes of at least 4 members (excludes halogenated alkanes) is 3. The number of anilines is 1. The van der Waals surface area contributed by atoms with E-state index in [2.05, 4.69) is 6.92 Å². The molecule has 2 N–H and O–H groups in total. The van der Waals surface area contributed by atoms with Gasteiger partial charge in [0.25, 0.3) is 0 Å². The van der Waals surface area contributed by atoms with Crippen molar-refractivity contribution in [3.63, 3.8) is 0 Å². The monoisotopic (exact) mass is 283 g/mol. The topological polar surface area (TPSA) is 52.3 Å². The molecule has 0 heterocycles. The molecule has 1 atom stereocenters. The number of hydrogen-bond acceptors (Lipinski definition) is 3. The molecule has 106 valence electrons. The lowest BCUT2D eigenvalue weighted by Gasteiger charge is -2.14. The third kappa shape index (κ3) is 5.11. The van der Waals surface area contributed by atoms with E-state index in [4.69, 9.17) is 22.1 Å². The fourth-order valence-electron chi connectivity index (χ4n) is 1.92. The molecule has 0 aliphatic heterocycles. The Morgan fingerprint density at radius 2 is 2.11 bits per heavy atom. The molecule has 0 aliphatic carbocycles. The summed E-state index contributed by atoms with van der Waals surface area (Å²) in [4.78, 5) is 12.0. The highest BCUT2D eigenvalue weighted by Gasteiger charge is 2.17. The van der Waals surface area contributed by atoms with Gasteiger partial charge in [-0.15, -0.1) is 0 Å². The van der Waals surface area contributed by atoms with E-state index in [-0.39, 0.29) is 11.7 Å². The molecule has 0 fully saturated rings. The number of carbonyl (C=O) groups excluding carboxylic acids is 1. The molecule has 1 rings (SSSR count). The van der Waals surface area contributed by atoms with Crippen molar-refractivity contribution in [1.82, 2.24) is 0 Å². The second-order valence-corrected chi connectivity index (χ2v) is 5.18. The smallest absolute Gasteiger partial charge is 0.342 e. The number of nitrogen functional groups attached to an aromatic ring is 1. The largest absolute Gasteiger partial charge is 0.459 e. The summed E-state index contributed by atoms with van der Waals surface area (Å²) in [6.07, 6.45) is 5.42. The fourth-order valence-corrected chi connectivity index (χ4v) is 2.17. The summed E-state index contributed by atoms with van der Waals surface area (Å²) in [7, 11) is 0. The van der Waals surface area contributed by atoms with Gasteiger partial charge < -0.3 is 10.5 Å². The van der Waals surface area contributed by atoms with Crippen LogP contribution in [0.3, 0.4) is 0 Å². The summed E-state index contributed by atoms with van der Waals surface area (Å²) in [5.74, 6) is -0.439. The standard InChI is InChI=1S/C15H22ClNO2/c1-3-4-5-6-8-11(2)19-15(18)14-12(16)9-7-10-13(14)17/h7,9-11H,3-6,8,17H2,1-2H3. The van der Waals surface area contributed by atoms with Crippen LogP contribution in [0.2, 0.25) is 5.02 Å². The zero-order valence-electron chi connectivity index (χ0n) is 11.6. The van der Waals surface area contributed by atoms with E-state index in [9.17, 15) is 4.79 Å². The minimum atomic E-state index is -0.439. The minimum Gasteiger partial charge on any atom is -0.459 e. The number of ether oxygens (including phenoxy) is 1. The van der Waals surface area contributed by atoms with Crippen LogP contribution < -0.4 is 5.73 Å². The fraction of sp³-hybridized carbons (Fsp3) is 0.533. The Morgan fingerprint density at radius 3 is 2.74 bits per heavy atom. The first kappa shape index (κ1) is 15.8. The number of nitrogens with two attached hydrogens (primary N) is 1. The first-order chi connectivity index (χ1) is 9.06. The SMILES string of the molecule is CCCCCCC(C)OC(=O)c1c(N)cccc1Cl. The molecule has 1 unspecified atom stereocenters. The molecule has 0 bridgehead atoms. The highest BCUT2D eigenvalue weighted by molar-refractivity contribution is 6.34. The Kier molecular flexibility index (Phi) is 6.71. The van der Waals surface area contributed by atoms with E-state index in [1.54, 1.807) is 18.2 Å². The van der Waals surface area contributed by atoms with Crippen LogP contribution in [0.4, 0.5) is 5.69 Å². The van der Waals surface area contributed by atoms with Gasteiger partial charge in [0.15, 0.2) is 0 Å². The van der Waals surface area contributed by atoms with Gasteiger partial charge in [0.2, 0.25) is 0 Å². The van der Waals surface area contributed by atoms with Gasteiger partial charge in [-0.05, 0) is 31.9 Å². The maximum Gasteiger partial charge on any atom is 0.342 e. The average Bonchev–Trinajstić information content (AvgIpc) is 2.34. The van der Waals surface area contributed by atoms with Gasteiger partial charge in [-0.3, -0.25) is 0 Å². The number of rotatable bonds is 7. The van der Waals surface area contributed by atoms with Gasteiger partial charge in [0.1, 0.15) is 5.56 Å². The van der Waals surface area contributed by atoms with E-state index in [1.165, 1.54) is 19.3 Å². The average molecular weight is 284 g/mol. The van der Waals surface area contributed by atoms with Crippen LogP contribution in [-0.2, 0) is 4.74 Å².